The summed E-state index contributed by atoms with van der Waals surface area (Å²) in [6.07, 6.45) is -4.51. The van der Waals surface area contributed by atoms with Crippen LogP contribution in [0.4, 0.5) is 24.7 Å². The highest BCUT2D eigenvalue weighted by molar-refractivity contribution is 7.98. The van der Waals surface area contributed by atoms with Gasteiger partial charge in [-0.1, -0.05) is 35.5 Å². The predicted molar refractivity (Wildman–Crippen MR) is 132 cm³/mol. The monoisotopic (exact) mass is 538 g/mol. The van der Waals surface area contributed by atoms with Crippen molar-refractivity contribution in [1.82, 2.24) is 9.97 Å². The summed E-state index contributed by atoms with van der Waals surface area (Å²) in [6.45, 7) is 0. The van der Waals surface area contributed by atoms with Crippen LogP contribution in [0.1, 0.15) is 27.0 Å². The molecule has 0 unspecified atom stereocenters. The minimum absolute atomic E-state index is 0.0482. The topological polar surface area (TPSA) is 84.4 Å². The normalized spacial score (nSPS) is 11.2. The number of thioether (sulfide) groups is 1. The van der Waals surface area contributed by atoms with Crippen LogP contribution in [-0.2, 0) is 27.9 Å². The molecule has 0 fully saturated rings. The quantitative estimate of drug-likeness (QED) is 0.176. The molecular weight excluding hydrogens is 517 g/mol. The van der Waals surface area contributed by atoms with Gasteiger partial charge in [0.05, 0.1) is 19.1 Å². The van der Waals surface area contributed by atoms with Crippen molar-refractivity contribution in [2.75, 3.05) is 31.4 Å². The van der Waals surface area contributed by atoms with Crippen molar-refractivity contribution in [2.45, 2.75) is 23.5 Å². The molecule has 0 spiro atoms. The Hall–Kier alpha value is -3.31. The first-order chi connectivity index (χ1) is 17.0. The van der Waals surface area contributed by atoms with Gasteiger partial charge in [-0.2, -0.15) is 13.2 Å². The van der Waals surface area contributed by atoms with E-state index < -0.39 is 23.6 Å². The van der Waals surface area contributed by atoms with Crippen LogP contribution in [0.25, 0.3) is 0 Å². The van der Waals surface area contributed by atoms with Crippen molar-refractivity contribution >= 4 is 46.7 Å². The van der Waals surface area contributed by atoms with E-state index >= 15 is 0 Å². The first-order valence-corrected chi connectivity index (χ1v) is 11.8. The molecule has 0 aliphatic carbocycles. The van der Waals surface area contributed by atoms with E-state index in [1.54, 1.807) is 43.3 Å². The van der Waals surface area contributed by atoms with Crippen molar-refractivity contribution in [3.05, 3.63) is 75.9 Å². The van der Waals surface area contributed by atoms with Crippen LogP contribution in [0, 0.1) is 0 Å². The van der Waals surface area contributed by atoms with E-state index in [2.05, 4.69) is 15.3 Å². The number of esters is 1. The number of aromatic nitrogens is 2. The molecule has 1 N–H and O–H groups in total. The number of nitrogens with one attached hydrogen (secondary N) is 1. The van der Waals surface area contributed by atoms with Crippen molar-refractivity contribution in [3.8, 4) is 0 Å². The standard InChI is InChI=1S/C24H22ClF3N4O3S/c1-32(2)21-18(12-19(33)35-3)20(25)30-23(31-21)36-13-14-4-10-17(11-5-14)29-22(34)15-6-8-16(9-7-15)24(26,27)28/h4-11H,12-13H2,1-3H3,(H,29,34). The predicted octanol–water partition coefficient (Wildman–Crippen LogP) is 5.47. The number of halogens is 4. The Balaban J connectivity index is 1.64. The number of hydrogen-bond acceptors (Lipinski definition) is 7. The Bertz CT molecular complexity index is 1240. The summed E-state index contributed by atoms with van der Waals surface area (Å²) in [5, 5.41) is 3.26. The largest absolute Gasteiger partial charge is 0.469 e. The second-order valence-corrected chi connectivity index (χ2v) is 9.06. The number of anilines is 2. The number of hydrogen-bond donors (Lipinski definition) is 1. The maximum Gasteiger partial charge on any atom is 0.416 e. The van der Waals surface area contributed by atoms with Gasteiger partial charge in [0.2, 0.25) is 0 Å². The molecule has 0 atom stereocenters. The van der Waals surface area contributed by atoms with Gasteiger partial charge < -0.3 is 15.0 Å². The average molecular weight is 539 g/mol. The summed E-state index contributed by atoms with van der Waals surface area (Å²) in [5.41, 5.74) is 1.18. The fraction of sp³-hybridized carbons (Fsp3) is 0.250. The van der Waals surface area contributed by atoms with E-state index in [-0.39, 0.29) is 17.1 Å². The molecule has 2 aromatic carbocycles. The van der Waals surface area contributed by atoms with Crippen LogP contribution < -0.4 is 10.2 Å². The van der Waals surface area contributed by atoms with E-state index in [4.69, 9.17) is 16.3 Å². The van der Waals surface area contributed by atoms with Crippen LogP contribution in [0.15, 0.2) is 53.7 Å². The molecular formula is C24H22ClF3N4O3S. The molecule has 3 rings (SSSR count). The lowest BCUT2D eigenvalue weighted by Crippen LogP contribution is -2.17. The fourth-order valence-electron chi connectivity index (χ4n) is 3.08. The fourth-order valence-corrected chi connectivity index (χ4v) is 4.15. The van der Waals surface area contributed by atoms with Crippen LogP contribution in [0.3, 0.4) is 0 Å². The van der Waals surface area contributed by atoms with Crippen molar-refractivity contribution in [2.24, 2.45) is 0 Å². The number of nitrogens with zero attached hydrogens (tertiary/aromatic N) is 3. The molecule has 3 aromatic rings. The summed E-state index contributed by atoms with van der Waals surface area (Å²) in [4.78, 5) is 34.6. The summed E-state index contributed by atoms with van der Waals surface area (Å²) in [7, 11) is 4.86. The Kier molecular flexibility index (Phi) is 8.80. The number of alkyl halides is 3. The molecule has 190 valence electrons. The van der Waals surface area contributed by atoms with Crippen LogP contribution >= 0.6 is 23.4 Å². The zero-order chi connectivity index (χ0) is 26.5. The first-order valence-electron chi connectivity index (χ1n) is 10.5. The lowest BCUT2D eigenvalue weighted by atomic mass is 10.1. The third-order valence-corrected chi connectivity index (χ3v) is 6.17. The molecule has 0 saturated carbocycles. The Labute approximate surface area is 215 Å². The van der Waals surface area contributed by atoms with Gasteiger partial charge >= 0.3 is 12.1 Å². The van der Waals surface area contributed by atoms with Gasteiger partial charge in [0.25, 0.3) is 5.91 Å². The molecule has 0 saturated heterocycles. The molecule has 0 bridgehead atoms. The zero-order valence-electron chi connectivity index (χ0n) is 19.5. The van der Waals surface area contributed by atoms with Crippen LogP contribution in [-0.4, -0.2) is 43.0 Å². The molecule has 7 nitrogen and oxygen atoms in total. The Morgan fingerprint density at radius 3 is 2.25 bits per heavy atom. The van der Waals surface area contributed by atoms with Gasteiger partial charge in [0, 0.05) is 36.7 Å². The van der Waals surface area contributed by atoms with E-state index in [0.29, 0.717) is 28.0 Å². The third-order valence-electron chi connectivity index (χ3n) is 4.94. The van der Waals surface area contributed by atoms with Gasteiger partial charge in [-0.3, -0.25) is 9.59 Å². The van der Waals surface area contributed by atoms with Crippen molar-refractivity contribution in [3.63, 3.8) is 0 Å². The minimum Gasteiger partial charge on any atom is -0.469 e. The van der Waals surface area contributed by atoms with Crippen molar-refractivity contribution < 1.29 is 27.5 Å². The highest BCUT2D eigenvalue weighted by Crippen LogP contribution is 2.30. The highest BCUT2D eigenvalue weighted by atomic mass is 35.5. The molecule has 0 aliphatic heterocycles. The van der Waals surface area contributed by atoms with Gasteiger partial charge in [-0.25, -0.2) is 9.97 Å². The van der Waals surface area contributed by atoms with Crippen molar-refractivity contribution in [1.29, 1.82) is 0 Å². The maximum absolute atomic E-state index is 12.7. The number of carbonyl (C=O) groups is 2. The van der Waals surface area contributed by atoms with Gasteiger partial charge in [-0.05, 0) is 42.0 Å². The summed E-state index contributed by atoms with van der Waals surface area (Å²) in [5.74, 6) is 0.0584. The molecule has 36 heavy (non-hydrogen) atoms. The summed E-state index contributed by atoms with van der Waals surface area (Å²) < 4.78 is 42.8. The van der Waals surface area contributed by atoms with Crippen LogP contribution in [0.5, 0.6) is 0 Å². The smallest absolute Gasteiger partial charge is 0.416 e. The van der Waals surface area contributed by atoms with E-state index in [9.17, 15) is 22.8 Å². The minimum atomic E-state index is -4.46. The zero-order valence-corrected chi connectivity index (χ0v) is 21.1. The Morgan fingerprint density at radius 2 is 1.69 bits per heavy atom. The second-order valence-electron chi connectivity index (χ2n) is 7.76. The number of rotatable bonds is 8. The molecule has 1 heterocycles. The number of ether oxygens (including phenoxy) is 1. The Morgan fingerprint density at radius 1 is 1.06 bits per heavy atom. The highest BCUT2D eigenvalue weighted by Gasteiger charge is 2.30. The maximum atomic E-state index is 12.7. The van der Waals surface area contributed by atoms with Gasteiger partial charge in [-0.15, -0.1) is 0 Å². The van der Waals surface area contributed by atoms with Gasteiger partial charge in [0.15, 0.2) is 5.16 Å². The first kappa shape index (κ1) is 27.3. The van der Waals surface area contributed by atoms with E-state index in [0.717, 1.165) is 29.8 Å². The van der Waals surface area contributed by atoms with E-state index in [1.807, 2.05) is 0 Å². The van der Waals surface area contributed by atoms with E-state index in [1.165, 1.54) is 18.9 Å². The molecule has 0 radical (unpaired) electrons. The number of benzene rings is 2. The second kappa shape index (κ2) is 11.6. The lowest BCUT2D eigenvalue weighted by molar-refractivity contribution is -0.140. The summed E-state index contributed by atoms with van der Waals surface area (Å²) in [6, 6.07) is 11.0. The average Bonchev–Trinajstić information content (AvgIpc) is 2.84. The number of amides is 1. The number of methoxy groups -OCH3 is 1. The summed E-state index contributed by atoms with van der Waals surface area (Å²) >= 11 is 7.66. The van der Waals surface area contributed by atoms with Crippen LogP contribution in [0.2, 0.25) is 5.15 Å². The molecule has 12 heteroatoms. The molecule has 1 amide bonds. The third kappa shape index (κ3) is 7.11. The number of carbonyl (C=O) groups excluding carboxylic acids is 2. The van der Waals surface area contributed by atoms with Gasteiger partial charge in [0.1, 0.15) is 11.0 Å². The molecule has 1 aromatic heterocycles. The lowest BCUT2D eigenvalue weighted by Gasteiger charge is -2.17. The molecule has 0 aliphatic rings. The SMILES string of the molecule is COC(=O)Cc1c(Cl)nc(SCc2ccc(NC(=O)c3ccc(C(F)(F)F)cc3)cc2)nc1N(C)C.